The van der Waals surface area contributed by atoms with Crippen LogP contribution in [-0.2, 0) is 38.3 Å². The molecule has 1 N–H and O–H groups in total. The van der Waals surface area contributed by atoms with Gasteiger partial charge in [0.2, 0.25) is 0 Å². The lowest BCUT2D eigenvalue weighted by atomic mass is 9.92. The minimum absolute atomic E-state index is 0.0842. The fourth-order valence-electron chi connectivity index (χ4n) is 4.39. The highest BCUT2D eigenvalue weighted by molar-refractivity contribution is 5.87. The molecule has 0 unspecified atom stereocenters. The van der Waals surface area contributed by atoms with E-state index in [9.17, 15) is 14.7 Å². The molecule has 0 fully saturated rings. The van der Waals surface area contributed by atoms with Gasteiger partial charge in [0.1, 0.15) is 12.4 Å². The van der Waals surface area contributed by atoms with Crippen LogP contribution < -0.4 is 4.74 Å². The van der Waals surface area contributed by atoms with Crippen molar-refractivity contribution in [3.63, 3.8) is 0 Å². The van der Waals surface area contributed by atoms with Crippen molar-refractivity contribution in [1.29, 1.82) is 0 Å². The van der Waals surface area contributed by atoms with Gasteiger partial charge in [-0.2, -0.15) is 0 Å². The summed E-state index contributed by atoms with van der Waals surface area (Å²) in [5.74, 6) is -0.0975. The molecule has 0 aliphatic rings. The van der Waals surface area contributed by atoms with Crippen LogP contribution >= 0.6 is 0 Å². The molecular formula is C35H40O6. The van der Waals surface area contributed by atoms with E-state index >= 15 is 0 Å². The van der Waals surface area contributed by atoms with Crippen molar-refractivity contribution < 1.29 is 28.9 Å². The number of esters is 2. The number of aliphatic hydroxyl groups excluding tert-OH is 1. The zero-order valence-electron chi connectivity index (χ0n) is 24.3. The van der Waals surface area contributed by atoms with Crippen LogP contribution in [0.1, 0.15) is 43.9 Å². The highest BCUT2D eigenvalue weighted by Crippen LogP contribution is 2.33. The molecule has 0 radical (unpaired) electrons. The number of benzene rings is 3. The van der Waals surface area contributed by atoms with E-state index in [4.69, 9.17) is 14.2 Å². The first-order chi connectivity index (χ1) is 19.7. The zero-order valence-corrected chi connectivity index (χ0v) is 24.3. The Hall–Kier alpha value is -4.16. The molecule has 0 atom stereocenters. The van der Waals surface area contributed by atoms with E-state index < -0.39 is 5.97 Å². The molecule has 0 spiro atoms. The average molecular weight is 557 g/mol. The van der Waals surface area contributed by atoms with E-state index in [2.05, 4.69) is 68.6 Å². The maximum Gasteiger partial charge on any atom is 0.333 e. The fourth-order valence-corrected chi connectivity index (χ4v) is 4.39. The van der Waals surface area contributed by atoms with E-state index in [0.29, 0.717) is 29.9 Å². The van der Waals surface area contributed by atoms with Crippen molar-refractivity contribution in [2.24, 2.45) is 0 Å². The van der Waals surface area contributed by atoms with E-state index in [0.717, 1.165) is 47.1 Å². The Balaban J connectivity index is 1.75. The fraction of sp³-hybridized carbons (Fsp3) is 0.314. The van der Waals surface area contributed by atoms with Gasteiger partial charge in [0.15, 0.2) is 0 Å². The summed E-state index contributed by atoms with van der Waals surface area (Å²) < 4.78 is 16.2. The summed E-state index contributed by atoms with van der Waals surface area (Å²) in [4.78, 5) is 23.3. The number of carbonyl (C=O) groups excluding carboxylic acids is 2. The Bertz CT molecular complexity index is 1370. The second-order valence-corrected chi connectivity index (χ2v) is 10.0. The third-order valence-corrected chi connectivity index (χ3v) is 6.64. The Morgan fingerprint density at radius 2 is 1.34 bits per heavy atom. The Labute approximate surface area is 243 Å². The summed E-state index contributed by atoms with van der Waals surface area (Å²) in [5, 5.41) is 9.22. The van der Waals surface area contributed by atoms with Crippen LogP contribution in [-0.4, -0.2) is 43.5 Å². The van der Waals surface area contributed by atoms with Gasteiger partial charge in [-0.25, -0.2) is 9.59 Å². The lowest BCUT2D eigenvalue weighted by Crippen LogP contribution is -2.10. The minimum Gasteiger partial charge on any atom is -0.491 e. The normalized spacial score (nSPS) is 10.6. The molecule has 3 rings (SSSR count). The van der Waals surface area contributed by atoms with Crippen molar-refractivity contribution in [3.8, 4) is 28.0 Å². The molecule has 6 heteroatoms. The van der Waals surface area contributed by atoms with E-state index in [-0.39, 0.29) is 25.8 Å². The molecule has 0 heterocycles. The topological polar surface area (TPSA) is 82.1 Å². The second-order valence-electron chi connectivity index (χ2n) is 10.0. The summed E-state index contributed by atoms with van der Waals surface area (Å²) in [6, 6.07) is 21.0. The molecular weight excluding hydrogens is 516 g/mol. The van der Waals surface area contributed by atoms with Gasteiger partial charge in [-0.3, -0.25) is 0 Å². The van der Waals surface area contributed by atoms with E-state index in [1.807, 2.05) is 12.1 Å². The van der Waals surface area contributed by atoms with Crippen LogP contribution in [0.15, 0.2) is 85.0 Å². The van der Waals surface area contributed by atoms with Crippen molar-refractivity contribution in [3.05, 3.63) is 102 Å². The van der Waals surface area contributed by atoms with Crippen LogP contribution in [0.4, 0.5) is 0 Å². The Morgan fingerprint density at radius 1 is 0.732 bits per heavy atom. The first-order valence-electron chi connectivity index (χ1n) is 14.0. The number of ether oxygens (including phenoxy) is 3. The van der Waals surface area contributed by atoms with Crippen molar-refractivity contribution in [1.82, 2.24) is 0 Å². The predicted octanol–water partition coefficient (Wildman–Crippen LogP) is 6.67. The van der Waals surface area contributed by atoms with E-state index in [1.165, 1.54) is 11.1 Å². The predicted molar refractivity (Wildman–Crippen MR) is 163 cm³/mol. The van der Waals surface area contributed by atoms with Gasteiger partial charge in [-0.1, -0.05) is 68.6 Å². The molecule has 41 heavy (non-hydrogen) atoms. The molecule has 0 amide bonds. The molecule has 0 aliphatic carbocycles. The van der Waals surface area contributed by atoms with Crippen LogP contribution in [0.2, 0.25) is 0 Å². The third-order valence-electron chi connectivity index (χ3n) is 6.64. The highest BCUT2D eigenvalue weighted by Gasteiger charge is 2.12. The monoisotopic (exact) mass is 556 g/mol. The maximum absolute atomic E-state index is 11.8. The van der Waals surface area contributed by atoms with E-state index in [1.54, 1.807) is 13.8 Å². The van der Waals surface area contributed by atoms with Crippen LogP contribution in [0.3, 0.4) is 0 Å². The summed E-state index contributed by atoms with van der Waals surface area (Å²) in [5.41, 5.74) is 8.55. The zero-order chi connectivity index (χ0) is 29.8. The molecule has 3 aromatic rings. The number of rotatable bonds is 15. The number of aryl methyl sites for hydroxylation is 2. The summed E-state index contributed by atoms with van der Waals surface area (Å²) in [6.45, 7) is 13.3. The molecule has 0 aromatic heterocycles. The van der Waals surface area contributed by atoms with Gasteiger partial charge in [-0.15, -0.1) is 0 Å². The minimum atomic E-state index is -0.417. The molecule has 216 valence electrons. The Morgan fingerprint density at radius 3 is 1.98 bits per heavy atom. The molecule has 3 aromatic carbocycles. The summed E-state index contributed by atoms with van der Waals surface area (Å²) in [7, 11) is 0. The van der Waals surface area contributed by atoms with Gasteiger partial charge < -0.3 is 19.3 Å². The second kappa shape index (κ2) is 15.6. The maximum atomic E-state index is 11.8. The van der Waals surface area contributed by atoms with Crippen molar-refractivity contribution >= 4 is 11.9 Å². The lowest BCUT2D eigenvalue weighted by molar-refractivity contribution is -0.139. The number of aliphatic hydroxyl groups is 1. The summed E-state index contributed by atoms with van der Waals surface area (Å²) >= 11 is 0. The highest BCUT2D eigenvalue weighted by atomic mass is 16.5. The van der Waals surface area contributed by atoms with Gasteiger partial charge in [0.05, 0.1) is 19.8 Å². The lowest BCUT2D eigenvalue weighted by Gasteiger charge is -2.16. The van der Waals surface area contributed by atoms with Gasteiger partial charge in [0.25, 0.3) is 0 Å². The standard InChI is InChI=1S/C35H40O6/c1-6-27-22-29(28-11-9-26(10-12-28)8-7-19-40-34(37)24(2)3)13-15-32(27)30-14-16-33(39-21-18-36)31(23-30)17-20-41-35(38)25(4)5/h9-16,22-23,36H,2,4,6-8,17-21H2,1,3,5H3. The number of hydrogen-bond donors (Lipinski definition) is 1. The van der Waals surface area contributed by atoms with Crippen LogP contribution in [0, 0.1) is 0 Å². The van der Waals surface area contributed by atoms with Gasteiger partial charge >= 0.3 is 11.9 Å². The first-order valence-corrected chi connectivity index (χ1v) is 14.0. The van der Waals surface area contributed by atoms with Crippen LogP contribution in [0.25, 0.3) is 22.3 Å². The molecule has 0 aliphatic heterocycles. The van der Waals surface area contributed by atoms with Crippen LogP contribution in [0.5, 0.6) is 5.75 Å². The molecule has 0 bridgehead atoms. The number of carbonyl (C=O) groups is 2. The largest absolute Gasteiger partial charge is 0.491 e. The summed E-state index contributed by atoms with van der Waals surface area (Å²) in [6.07, 6.45) is 2.93. The number of hydrogen-bond acceptors (Lipinski definition) is 6. The molecule has 6 nitrogen and oxygen atoms in total. The van der Waals surface area contributed by atoms with Gasteiger partial charge in [0, 0.05) is 17.6 Å². The average Bonchev–Trinajstić information content (AvgIpc) is 2.98. The van der Waals surface area contributed by atoms with Crippen molar-refractivity contribution in [2.75, 3.05) is 26.4 Å². The first kappa shape index (κ1) is 31.4. The van der Waals surface area contributed by atoms with Crippen molar-refractivity contribution in [2.45, 2.75) is 46.5 Å². The van der Waals surface area contributed by atoms with Gasteiger partial charge in [-0.05, 0) is 84.2 Å². The molecule has 0 saturated heterocycles. The SMILES string of the molecule is C=C(C)C(=O)OCCCc1ccc(-c2ccc(-c3ccc(OCCO)c(CCOC(=O)C(=C)C)c3)c(CC)c2)cc1. The third kappa shape index (κ3) is 9.19. The quantitative estimate of drug-likeness (QED) is 0.128. The smallest absolute Gasteiger partial charge is 0.333 e. The Kier molecular flexibility index (Phi) is 11.9. The molecule has 0 saturated carbocycles.